The molecular weight excluding hydrogens is 116 g/mol. The molecule has 1 aliphatic rings. The fourth-order valence-corrected chi connectivity index (χ4v) is 1.22. The summed E-state index contributed by atoms with van der Waals surface area (Å²) in [5, 5.41) is 0. The molecule has 4 N–H and O–H groups in total. The van der Waals surface area contributed by atoms with Crippen molar-refractivity contribution in [2.45, 2.75) is 37.8 Å². The topological polar surface area (TPSA) is 61.3 Å². The third-order valence-corrected chi connectivity index (χ3v) is 1.91. The number of nitrogens with two attached hydrogens (primary N) is 2. The first-order chi connectivity index (χ1) is 4.33. The van der Waals surface area contributed by atoms with E-state index in [-0.39, 0.29) is 6.10 Å². The van der Waals surface area contributed by atoms with Crippen LogP contribution >= 0.6 is 0 Å². The number of hydrogen-bond acceptors (Lipinski definition) is 3. The van der Waals surface area contributed by atoms with Crippen LogP contribution in [-0.2, 0) is 4.84 Å². The summed E-state index contributed by atoms with van der Waals surface area (Å²) in [6, 6.07) is 0.386. The van der Waals surface area contributed by atoms with Crippen LogP contribution < -0.4 is 11.6 Å². The second-order valence-corrected chi connectivity index (χ2v) is 2.67. The van der Waals surface area contributed by atoms with Crippen LogP contribution in [0.25, 0.3) is 0 Å². The van der Waals surface area contributed by atoms with Crippen molar-refractivity contribution in [2.24, 2.45) is 11.6 Å². The molecule has 0 aromatic rings. The highest BCUT2D eigenvalue weighted by molar-refractivity contribution is 4.73. The van der Waals surface area contributed by atoms with Gasteiger partial charge in [0.2, 0.25) is 0 Å². The normalized spacial score (nSPS) is 36.7. The van der Waals surface area contributed by atoms with Crippen molar-refractivity contribution in [3.05, 3.63) is 0 Å². The Morgan fingerprint density at radius 3 is 2.11 bits per heavy atom. The fraction of sp³-hybridized carbons (Fsp3) is 1.00. The Morgan fingerprint density at radius 2 is 1.67 bits per heavy atom. The Hall–Kier alpha value is -0.120. The second-order valence-electron chi connectivity index (χ2n) is 2.67. The third kappa shape index (κ3) is 1.93. The maximum atomic E-state index is 5.66. The van der Waals surface area contributed by atoms with E-state index in [1.54, 1.807) is 0 Å². The van der Waals surface area contributed by atoms with Crippen molar-refractivity contribution >= 4 is 0 Å². The maximum Gasteiger partial charge on any atom is 0.0788 e. The van der Waals surface area contributed by atoms with Crippen molar-refractivity contribution in [1.82, 2.24) is 0 Å². The lowest BCUT2D eigenvalue weighted by Gasteiger charge is -2.23. The Morgan fingerprint density at radius 1 is 1.11 bits per heavy atom. The average Bonchev–Trinajstić information content (AvgIpc) is 1.90. The minimum atomic E-state index is 0.268. The van der Waals surface area contributed by atoms with Gasteiger partial charge in [0, 0.05) is 6.04 Å². The molecule has 3 heteroatoms. The van der Waals surface area contributed by atoms with Crippen molar-refractivity contribution < 1.29 is 4.84 Å². The van der Waals surface area contributed by atoms with E-state index < -0.39 is 0 Å². The Bertz CT molecular complexity index is 79.1. The Labute approximate surface area is 55.3 Å². The van der Waals surface area contributed by atoms with Crippen LogP contribution in [0.3, 0.4) is 0 Å². The van der Waals surface area contributed by atoms with Gasteiger partial charge in [-0.3, -0.25) is 0 Å². The zero-order chi connectivity index (χ0) is 6.69. The molecule has 1 rings (SSSR count). The molecule has 0 atom stereocenters. The lowest BCUT2D eigenvalue weighted by atomic mass is 9.94. The smallest absolute Gasteiger partial charge is 0.0788 e. The molecule has 54 valence electrons. The van der Waals surface area contributed by atoms with Crippen molar-refractivity contribution in [3.63, 3.8) is 0 Å². The second kappa shape index (κ2) is 3.15. The Kier molecular flexibility index (Phi) is 2.45. The first-order valence-electron chi connectivity index (χ1n) is 3.44. The number of hydrogen-bond donors (Lipinski definition) is 2. The van der Waals surface area contributed by atoms with Gasteiger partial charge in [0.1, 0.15) is 0 Å². The zero-order valence-corrected chi connectivity index (χ0v) is 5.55. The molecule has 3 nitrogen and oxygen atoms in total. The predicted molar refractivity (Wildman–Crippen MR) is 35.5 cm³/mol. The molecule has 0 aromatic heterocycles. The van der Waals surface area contributed by atoms with Gasteiger partial charge in [0.05, 0.1) is 6.10 Å². The molecule has 1 fully saturated rings. The van der Waals surface area contributed by atoms with Crippen LogP contribution in [-0.4, -0.2) is 12.1 Å². The molecule has 0 saturated heterocycles. The largest absolute Gasteiger partial charge is 0.328 e. The van der Waals surface area contributed by atoms with E-state index in [4.69, 9.17) is 11.6 Å². The van der Waals surface area contributed by atoms with Crippen LogP contribution in [0.5, 0.6) is 0 Å². The van der Waals surface area contributed by atoms with E-state index >= 15 is 0 Å². The van der Waals surface area contributed by atoms with E-state index in [0.29, 0.717) is 6.04 Å². The summed E-state index contributed by atoms with van der Waals surface area (Å²) in [7, 11) is 0. The summed E-state index contributed by atoms with van der Waals surface area (Å²) in [4.78, 5) is 4.68. The van der Waals surface area contributed by atoms with Gasteiger partial charge in [0.15, 0.2) is 0 Å². The quantitative estimate of drug-likeness (QED) is 0.496. The average molecular weight is 130 g/mol. The van der Waals surface area contributed by atoms with E-state index in [1.807, 2.05) is 0 Å². The maximum absolute atomic E-state index is 5.66. The van der Waals surface area contributed by atoms with Gasteiger partial charge in [0.25, 0.3) is 0 Å². The minimum absolute atomic E-state index is 0.268. The minimum Gasteiger partial charge on any atom is -0.328 e. The molecule has 1 saturated carbocycles. The van der Waals surface area contributed by atoms with Crippen LogP contribution in [0.4, 0.5) is 0 Å². The molecule has 0 amide bonds. The molecule has 0 spiro atoms. The SMILES string of the molecule is NO[C@H]1CC[C@@H](N)CC1. The summed E-state index contributed by atoms with van der Waals surface area (Å²) >= 11 is 0. The molecule has 0 unspecified atom stereocenters. The lowest BCUT2D eigenvalue weighted by molar-refractivity contribution is 0.0246. The molecule has 0 aliphatic heterocycles. The van der Waals surface area contributed by atoms with Crippen LogP contribution in [0.15, 0.2) is 0 Å². The van der Waals surface area contributed by atoms with Gasteiger partial charge in [-0.15, -0.1) is 0 Å². The first-order valence-corrected chi connectivity index (χ1v) is 3.44. The van der Waals surface area contributed by atoms with E-state index in [1.165, 1.54) is 0 Å². The van der Waals surface area contributed by atoms with Crippen molar-refractivity contribution in [1.29, 1.82) is 0 Å². The lowest BCUT2D eigenvalue weighted by Crippen LogP contribution is -2.31. The van der Waals surface area contributed by atoms with Gasteiger partial charge < -0.3 is 10.6 Å². The fourth-order valence-electron chi connectivity index (χ4n) is 1.22. The summed E-state index contributed by atoms with van der Waals surface area (Å²) in [6.07, 6.45) is 4.43. The summed E-state index contributed by atoms with van der Waals surface area (Å²) in [6.45, 7) is 0. The van der Waals surface area contributed by atoms with Crippen LogP contribution in [0, 0.1) is 0 Å². The van der Waals surface area contributed by atoms with Crippen molar-refractivity contribution in [3.8, 4) is 0 Å². The number of rotatable bonds is 1. The van der Waals surface area contributed by atoms with Crippen LogP contribution in [0.2, 0.25) is 0 Å². The van der Waals surface area contributed by atoms with Gasteiger partial charge in [-0.1, -0.05) is 0 Å². The molecule has 0 heterocycles. The van der Waals surface area contributed by atoms with E-state index in [0.717, 1.165) is 25.7 Å². The molecule has 0 bridgehead atoms. The highest BCUT2D eigenvalue weighted by Gasteiger charge is 2.17. The molecule has 1 aliphatic carbocycles. The zero-order valence-electron chi connectivity index (χ0n) is 5.55. The standard InChI is InChI=1S/C6H14N2O/c7-5-1-3-6(9-8)4-2-5/h5-6H,1-4,7-8H2/t5-,6+. The van der Waals surface area contributed by atoms with E-state index in [9.17, 15) is 0 Å². The monoisotopic (exact) mass is 130 g/mol. The molecule has 0 radical (unpaired) electrons. The Balaban J connectivity index is 2.18. The summed E-state index contributed by atoms with van der Waals surface area (Å²) in [5.74, 6) is 5.01. The summed E-state index contributed by atoms with van der Waals surface area (Å²) < 4.78 is 0. The predicted octanol–water partition coefficient (Wildman–Crippen LogP) is 0.147. The third-order valence-electron chi connectivity index (χ3n) is 1.91. The van der Waals surface area contributed by atoms with Gasteiger partial charge in [-0.2, -0.15) is 0 Å². The highest BCUT2D eigenvalue weighted by Crippen LogP contribution is 2.17. The van der Waals surface area contributed by atoms with Gasteiger partial charge in [-0.05, 0) is 25.7 Å². The molecule has 0 aromatic carbocycles. The van der Waals surface area contributed by atoms with Crippen LogP contribution in [0.1, 0.15) is 25.7 Å². The molecular formula is C6H14N2O. The van der Waals surface area contributed by atoms with Crippen molar-refractivity contribution in [2.75, 3.05) is 0 Å². The van der Waals surface area contributed by atoms with Gasteiger partial charge in [-0.25, -0.2) is 5.90 Å². The summed E-state index contributed by atoms with van der Waals surface area (Å²) in [5.41, 5.74) is 5.66. The van der Waals surface area contributed by atoms with E-state index in [2.05, 4.69) is 4.84 Å². The highest BCUT2D eigenvalue weighted by atomic mass is 16.6. The molecule has 9 heavy (non-hydrogen) atoms. The first kappa shape index (κ1) is 6.99. The van der Waals surface area contributed by atoms with Gasteiger partial charge >= 0.3 is 0 Å².